The topological polar surface area (TPSA) is 17.3 Å². The van der Waals surface area contributed by atoms with Crippen LogP contribution in [0.15, 0.2) is 17.8 Å². The molecule has 2 rings (SSSR count). The van der Waals surface area contributed by atoms with Crippen LogP contribution in [-0.4, -0.2) is 21.1 Å². The van der Waals surface area contributed by atoms with Gasteiger partial charge in [0.05, 0.1) is 5.69 Å². The van der Waals surface area contributed by atoms with Gasteiger partial charge in [0.25, 0.3) is 0 Å². The number of hydrogen-bond acceptors (Lipinski definition) is 2. The van der Waals surface area contributed by atoms with Crippen molar-refractivity contribution in [2.75, 3.05) is 11.8 Å². The summed E-state index contributed by atoms with van der Waals surface area (Å²) < 4.78 is 2.04. The Morgan fingerprint density at radius 3 is 2.75 bits per heavy atom. The molecule has 0 N–H and O–H groups in total. The highest BCUT2D eigenvalue weighted by molar-refractivity contribution is 7.15. The van der Waals surface area contributed by atoms with Crippen LogP contribution in [0.5, 0.6) is 0 Å². The first kappa shape index (κ1) is 12.2. The van der Waals surface area contributed by atoms with Crippen LogP contribution in [0.25, 0.3) is 4.96 Å². The number of imidazole rings is 1. The fourth-order valence-electron chi connectivity index (χ4n) is 1.69. The molecular formula is C11H14Cl2N2S. The van der Waals surface area contributed by atoms with Crippen molar-refractivity contribution in [3.05, 3.63) is 23.5 Å². The normalized spacial score (nSPS) is 12.4. The molecule has 0 aliphatic rings. The number of aromatic nitrogens is 2. The average Bonchev–Trinajstić information content (AvgIpc) is 2.86. The van der Waals surface area contributed by atoms with Crippen molar-refractivity contribution in [2.45, 2.75) is 19.8 Å². The third kappa shape index (κ3) is 2.22. The molecule has 16 heavy (non-hydrogen) atoms. The van der Waals surface area contributed by atoms with E-state index >= 15 is 0 Å². The van der Waals surface area contributed by atoms with Gasteiger partial charge in [0, 0.05) is 34.9 Å². The van der Waals surface area contributed by atoms with Crippen molar-refractivity contribution >= 4 is 39.5 Å². The second-order valence-corrected chi connectivity index (χ2v) is 5.53. The van der Waals surface area contributed by atoms with E-state index in [0.717, 1.165) is 23.5 Å². The van der Waals surface area contributed by atoms with E-state index in [0.29, 0.717) is 11.8 Å². The zero-order chi connectivity index (χ0) is 11.6. The summed E-state index contributed by atoms with van der Waals surface area (Å²) in [5, 5.41) is 2.03. The number of rotatable bonds is 5. The van der Waals surface area contributed by atoms with Crippen molar-refractivity contribution in [2.24, 2.45) is 5.41 Å². The van der Waals surface area contributed by atoms with Gasteiger partial charge >= 0.3 is 0 Å². The standard InChI is InChI=1S/C11H14Cl2N2S/c1-2-11(7-12,8-13)5-9-6-15-3-4-16-10(15)14-9/h3-4,6H,2,5,7-8H2,1H3. The van der Waals surface area contributed by atoms with E-state index in [1.807, 2.05) is 16.0 Å². The van der Waals surface area contributed by atoms with Gasteiger partial charge in [-0.1, -0.05) is 6.92 Å². The van der Waals surface area contributed by atoms with Crippen LogP contribution in [0.4, 0.5) is 0 Å². The van der Waals surface area contributed by atoms with Gasteiger partial charge in [0.15, 0.2) is 4.96 Å². The predicted octanol–water partition coefficient (Wildman–Crippen LogP) is 3.81. The van der Waals surface area contributed by atoms with Crippen molar-refractivity contribution in [3.8, 4) is 0 Å². The van der Waals surface area contributed by atoms with Crippen LogP contribution < -0.4 is 0 Å². The molecule has 88 valence electrons. The molecule has 0 atom stereocenters. The minimum atomic E-state index is -0.0207. The van der Waals surface area contributed by atoms with E-state index in [1.165, 1.54) is 0 Å². The first-order chi connectivity index (χ1) is 7.73. The SMILES string of the molecule is CCC(CCl)(CCl)Cc1cn2ccsc2n1. The first-order valence-corrected chi connectivity index (χ1v) is 7.21. The molecular weight excluding hydrogens is 263 g/mol. The van der Waals surface area contributed by atoms with E-state index in [4.69, 9.17) is 23.2 Å². The fourth-order valence-corrected chi connectivity index (χ4v) is 3.26. The lowest BCUT2D eigenvalue weighted by Crippen LogP contribution is -2.27. The number of fused-ring (bicyclic) bond motifs is 1. The second-order valence-electron chi connectivity index (χ2n) is 4.12. The lowest BCUT2D eigenvalue weighted by atomic mass is 9.85. The van der Waals surface area contributed by atoms with Crippen LogP contribution in [0.1, 0.15) is 19.0 Å². The van der Waals surface area contributed by atoms with Gasteiger partial charge in [-0.25, -0.2) is 4.98 Å². The Kier molecular flexibility index (Phi) is 3.77. The van der Waals surface area contributed by atoms with E-state index in [-0.39, 0.29) is 5.41 Å². The highest BCUT2D eigenvalue weighted by Gasteiger charge is 2.27. The molecule has 2 aromatic heterocycles. The highest BCUT2D eigenvalue weighted by Crippen LogP contribution is 2.30. The van der Waals surface area contributed by atoms with E-state index in [9.17, 15) is 0 Å². The fraction of sp³-hybridized carbons (Fsp3) is 0.545. The van der Waals surface area contributed by atoms with E-state index in [2.05, 4.69) is 18.1 Å². The molecule has 0 saturated heterocycles. The summed E-state index contributed by atoms with van der Waals surface area (Å²) in [5.74, 6) is 1.16. The van der Waals surface area contributed by atoms with Crippen LogP contribution in [0.2, 0.25) is 0 Å². The smallest absolute Gasteiger partial charge is 0.193 e. The Labute approximate surface area is 109 Å². The maximum absolute atomic E-state index is 6.03. The molecule has 0 spiro atoms. The molecule has 2 heterocycles. The van der Waals surface area contributed by atoms with Crippen molar-refractivity contribution in [1.82, 2.24) is 9.38 Å². The zero-order valence-electron chi connectivity index (χ0n) is 9.12. The molecule has 2 aromatic rings. The Morgan fingerprint density at radius 1 is 1.44 bits per heavy atom. The first-order valence-electron chi connectivity index (χ1n) is 5.26. The van der Waals surface area contributed by atoms with E-state index in [1.54, 1.807) is 11.3 Å². The van der Waals surface area contributed by atoms with Gasteiger partial charge in [-0.2, -0.15) is 0 Å². The minimum Gasteiger partial charge on any atom is -0.297 e. The minimum absolute atomic E-state index is 0.0207. The molecule has 5 heteroatoms. The third-order valence-corrected chi connectivity index (χ3v) is 4.92. The largest absolute Gasteiger partial charge is 0.297 e. The molecule has 0 aromatic carbocycles. The highest BCUT2D eigenvalue weighted by atomic mass is 35.5. The summed E-state index contributed by atoms with van der Waals surface area (Å²) in [4.78, 5) is 5.60. The summed E-state index contributed by atoms with van der Waals surface area (Å²) in [5.41, 5.74) is 1.06. The van der Waals surface area contributed by atoms with Gasteiger partial charge in [-0.15, -0.1) is 34.5 Å². The maximum atomic E-state index is 6.03. The molecule has 0 saturated carbocycles. The summed E-state index contributed by atoms with van der Waals surface area (Å²) >= 11 is 13.7. The molecule has 0 radical (unpaired) electrons. The van der Waals surface area contributed by atoms with Crippen LogP contribution >= 0.6 is 34.5 Å². The Balaban J connectivity index is 2.22. The average molecular weight is 277 g/mol. The Hall–Kier alpha value is -0.250. The summed E-state index contributed by atoms with van der Waals surface area (Å²) in [6.45, 7) is 2.13. The molecule has 0 aliphatic heterocycles. The van der Waals surface area contributed by atoms with Crippen molar-refractivity contribution < 1.29 is 0 Å². The van der Waals surface area contributed by atoms with Crippen LogP contribution in [-0.2, 0) is 6.42 Å². The number of thiazole rings is 1. The van der Waals surface area contributed by atoms with Crippen LogP contribution in [0.3, 0.4) is 0 Å². The summed E-state index contributed by atoms with van der Waals surface area (Å²) in [6, 6.07) is 0. The molecule has 0 fully saturated rings. The molecule has 0 unspecified atom stereocenters. The number of nitrogens with zero attached hydrogens (tertiary/aromatic N) is 2. The van der Waals surface area contributed by atoms with Gasteiger partial charge < -0.3 is 0 Å². The summed E-state index contributed by atoms with van der Waals surface area (Å²) in [6.07, 6.45) is 5.91. The van der Waals surface area contributed by atoms with Gasteiger partial charge in [0.2, 0.25) is 0 Å². The molecule has 0 amide bonds. The van der Waals surface area contributed by atoms with Crippen LogP contribution in [0, 0.1) is 5.41 Å². The zero-order valence-corrected chi connectivity index (χ0v) is 11.4. The molecule has 2 nitrogen and oxygen atoms in total. The lowest BCUT2D eigenvalue weighted by Gasteiger charge is -2.26. The quantitative estimate of drug-likeness (QED) is 0.760. The van der Waals surface area contributed by atoms with Crippen molar-refractivity contribution in [1.29, 1.82) is 0 Å². The third-order valence-electron chi connectivity index (χ3n) is 3.02. The van der Waals surface area contributed by atoms with Crippen molar-refractivity contribution in [3.63, 3.8) is 0 Å². The van der Waals surface area contributed by atoms with E-state index < -0.39 is 0 Å². The lowest BCUT2D eigenvalue weighted by molar-refractivity contribution is 0.359. The number of alkyl halides is 2. The van der Waals surface area contributed by atoms with Gasteiger partial charge in [0.1, 0.15) is 0 Å². The molecule has 0 bridgehead atoms. The number of hydrogen-bond donors (Lipinski definition) is 0. The Bertz CT molecular complexity index is 422. The number of halogens is 2. The maximum Gasteiger partial charge on any atom is 0.193 e. The predicted molar refractivity (Wildman–Crippen MR) is 70.9 cm³/mol. The van der Waals surface area contributed by atoms with Gasteiger partial charge in [-0.3, -0.25) is 4.40 Å². The monoisotopic (exact) mass is 276 g/mol. The molecule has 0 aliphatic carbocycles. The van der Waals surface area contributed by atoms with Gasteiger partial charge in [-0.05, 0) is 12.8 Å². The summed E-state index contributed by atoms with van der Waals surface area (Å²) in [7, 11) is 0. The second kappa shape index (κ2) is 4.94. The Morgan fingerprint density at radius 2 is 2.19 bits per heavy atom.